The smallest absolute Gasteiger partial charge is 0.224 e. The summed E-state index contributed by atoms with van der Waals surface area (Å²) in [7, 11) is 1.79. The van der Waals surface area contributed by atoms with Gasteiger partial charge in [-0.25, -0.2) is 0 Å². The molecule has 1 saturated carbocycles. The minimum atomic E-state index is -0.594. The predicted molar refractivity (Wildman–Crippen MR) is 119 cm³/mol. The first-order valence-electron chi connectivity index (χ1n) is 11.0. The molecule has 1 aromatic heterocycles. The molecule has 7 heteroatoms. The summed E-state index contributed by atoms with van der Waals surface area (Å²) < 4.78 is 1.82. The highest BCUT2D eigenvalue weighted by molar-refractivity contribution is 5.76. The lowest BCUT2D eigenvalue weighted by molar-refractivity contribution is -0.134. The van der Waals surface area contributed by atoms with Gasteiger partial charge in [0.1, 0.15) is 0 Å². The summed E-state index contributed by atoms with van der Waals surface area (Å²) >= 11 is 0. The molecule has 1 heterocycles. The van der Waals surface area contributed by atoms with Crippen LogP contribution in [0.2, 0.25) is 0 Å². The van der Waals surface area contributed by atoms with E-state index in [1.54, 1.807) is 18.1 Å². The van der Waals surface area contributed by atoms with Crippen LogP contribution in [0.15, 0.2) is 42.6 Å². The van der Waals surface area contributed by atoms with E-state index in [2.05, 4.69) is 22.5 Å². The van der Waals surface area contributed by atoms with Crippen molar-refractivity contribution in [2.24, 2.45) is 0 Å². The van der Waals surface area contributed by atoms with Crippen molar-refractivity contribution in [1.29, 1.82) is 0 Å². The number of aryl methyl sites for hydroxylation is 2. The monoisotopic (exact) mass is 426 g/mol. The van der Waals surface area contributed by atoms with Crippen LogP contribution < -0.4 is 5.32 Å². The average Bonchev–Trinajstić information content (AvgIpc) is 3.10. The number of aromatic nitrogens is 2. The van der Waals surface area contributed by atoms with E-state index < -0.39 is 6.10 Å². The first kappa shape index (κ1) is 23.0. The highest BCUT2D eigenvalue weighted by atomic mass is 16.3. The summed E-state index contributed by atoms with van der Waals surface area (Å²) in [5, 5.41) is 18.2. The molecule has 0 radical (unpaired) electrons. The van der Waals surface area contributed by atoms with Crippen molar-refractivity contribution in [3.63, 3.8) is 0 Å². The number of hydrogen-bond acceptors (Lipinski definition) is 4. The molecule has 31 heavy (non-hydrogen) atoms. The second kappa shape index (κ2) is 10.1. The highest BCUT2D eigenvalue weighted by Crippen LogP contribution is 2.39. The average molecular weight is 427 g/mol. The number of benzene rings is 1. The van der Waals surface area contributed by atoms with Crippen LogP contribution >= 0.6 is 0 Å². The molecule has 0 spiro atoms. The fourth-order valence-electron chi connectivity index (χ4n) is 4.66. The number of amides is 2. The van der Waals surface area contributed by atoms with Crippen LogP contribution in [0.4, 0.5) is 0 Å². The van der Waals surface area contributed by atoms with Crippen molar-refractivity contribution >= 4 is 11.8 Å². The van der Waals surface area contributed by atoms with Gasteiger partial charge in [0.2, 0.25) is 11.8 Å². The lowest BCUT2D eigenvalue weighted by atomic mass is 9.74. The van der Waals surface area contributed by atoms with Crippen molar-refractivity contribution in [3.05, 3.63) is 53.9 Å². The molecule has 3 rings (SSSR count). The third kappa shape index (κ3) is 5.53. The third-order valence-corrected chi connectivity index (χ3v) is 6.70. The van der Waals surface area contributed by atoms with Gasteiger partial charge in [-0.2, -0.15) is 5.10 Å². The van der Waals surface area contributed by atoms with Crippen LogP contribution in [-0.4, -0.2) is 57.3 Å². The number of aliphatic hydroxyl groups is 1. The van der Waals surface area contributed by atoms with E-state index in [0.29, 0.717) is 32.4 Å². The molecular weight excluding hydrogens is 392 g/mol. The van der Waals surface area contributed by atoms with Crippen molar-refractivity contribution < 1.29 is 14.7 Å². The minimum absolute atomic E-state index is 0.00743. The van der Waals surface area contributed by atoms with Crippen molar-refractivity contribution in [1.82, 2.24) is 20.0 Å². The Bertz CT molecular complexity index is 882. The van der Waals surface area contributed by atoms with Crippen molar-refractivity contribution in [3.8, 4) is 0 Å². The molecule has 1 aliphatic rings. The van der Waals surface area contributed by atoms with Gasteiger partial charge in [0.15, 0.2) is 0 Å². The quantitative estimate of drug-likeness (QED) is 0.666. The van der Waals surface area contributed by atoms with Gasteiger partial charge in [0, 0.05) is 50.8 Å². The molecule has 2 amide bonds. The topological polar surface area (TPSA) is 87.5 Å². The molecule has 0 bridgehead atoms. The van der Waals surface area contributed by atoms with E-state index in [1.165, 1.54) is 12.5 Å². The first-order valence-corrected chi connectivity index (χ1v) is 11.0. The molecular formula is C24H34N4O3. The van der Waals surface area contributed by atoms with Crippen molar-refractivity contribution in [2.45, 2.75) is 70.1 Å². The summed E-state index contributed by atoms with van der Waals surface area (Å²) in [5.41, 5.74) is 1.94. The molecule has 2 N–H and O–H groups in total. The standard InChI is InChI=1S/C24H34N4O3/c1-18-11-15-26-28(18)16-12-23(31)27(3)21-9-13-24(14-10-22(21)30,17-25-19(2)29)20-7-5-4-6-8-20/h4-8,11,15,21-22,30H,9-10,12-14,16-17H2,1-3H3,(H,25,29)/t21-,22-,24-/m1/s1. The van der Waals surface area contributed by atoms with E-state index in [4.69, 9.17) is 0 Å². The van der Waals surface area contributed by atoms with E-state index >= 15 is 0 Å². The lowest BCUT2D eigenvalue weighted by Gasteiger charge is -2.34. The molecule has 2 aromatic rings. The summed E-state index contributed by atoms with van der Waals surface area (Å²) in [6.07, 6.45) is 4.28. The number of nitrogens with one attached hydrogen (secondary N) is 1. The zero-order valence-electron chi connectivity index (χ0n) is 18.8. The maximum atomic E-state index is 12.9. The number of rotatable bonds is 7. The van der Waals surface area contributed by atoms with Gasteiger partial charge in [0.25, 0.3) is 0 Å². The fourth-order valence-corrected chi connectivity index (χ4v) is 4.66. The molecule has 1 fully saturated rings. The largest absolute Gasteiger partial charge is 0.391 e. The SMILES string of the molecule is CC(=O)NC[C@]1(c2ccccc2)CC[C@@H](O)[C@H](N(C)C(=O)CCn2nccc2C)CC1. The number of carbonyl (C=O) groups is 2. The first-order chi connectivity index (χ1) is 14.8. The Kier molecular flexibility index (Phi) is 7.49. The second-order valence-electron chi connectivity index (χ2n) is 8.72. The van der Waals surface area contributed by atoms with Crippen molar-refractivity contribution in [2.75, 3.05) is 13.6 Å². The molecule has 7 nitrogen and oxygen atoms in total. The summed E-state index contributed by atoms with van der Waals surface area (Å²) in [6, 6.07) is 11.9. The maximum Gasteiger partial charge on any atom is 0.224 e. The molecule has 1 aliphatic carbocycles. The summed E-state index contributed by atoms with van der Waals surface area (Å²) in [6.45, 7) is 4.55. The zero-order chi connectivity index (χ0) is 22.4. The van der Waals surface area contributed by atoms with Gasteiger partial charge < -0.3 is 15.3 Å². The lowest BCUT2D eigenvalue weighted by Crippen LogP contribution is -2.44. The van der Waals surface area contributed by atoms with Gasteiger partial charge in [-0.15, -0.1) is 0 Å². The Morgan fingerprint density at radius 2 is 1.94 bits per heavy atom. The van der Waals surface area contributed by atoms with Gasteiger partial charge >= 0.3 is 0 Å². The Hall–Kier alpha value is -2.67. The number of hydrogen-bond donors (Lipinski definition) is 2. The van der Waals surface area contributed by atoms with Gasteiger partial charge in [-0.05, 0) is 44.2 Å². The van der Waals surface area contributed by atoms with E-state index in [0.717, 1.165) is 18.5 Å². The Morgan fingerprint density at radius 3 is 2.58 bits per heavy atom. The number of likely N-dealkylation sites (N-methyl/N-ethyl adjacent to an activating group) is 1. The third-order valence-electron chi connectivity index (χ3n) is 6.70. The molecule has 168 valence electrons. The van der Waals surface area contributed by atoms with Crippen LogP contribution in [0.3, 0.4) is 0 Å². The molecule has 1 aromatic carbocycles. The van der Waals surface area contributed by atoms with Crippen LogP contribution in [0, 0.1) is 6.92 Å². The molecule has 0 aliphatic heterocycles. The number of nitrogens with zero attached hydrogens (tertiary/aromatic N) is 3. The predicted octanol–water partition coefficient (Wildman–Crippen LogP) is 2.42. The number of aliphatic hydroxyl groups excluding tert-OH is 1. The van der Waals surface area contributed by atoms with Crippen LogP contribution in [0.5, 0.6) is 0 Å². The van der Waals surface area contributed by atoms with E-state index in [1.807, 2.05) is 35.9 Å². The Labute approximate surface area is 184 Å². The Balaban J connectivity index is 1.71. The maximum absolute atomic E-state index is 12.9. The normalized spacial score (nSPS) is 23.7. The van der Waals surface area contributed by atoms with Crippen LogP contribution in [-0.2, 0) is 21.5 Å². The molecule has 3 atom stereocenters. The highest BCUT2D eigenvalue weighted by Gasteiger charge is 2.39. The molecule has 0 unspecified atom stereocenters. The van der Waals surface area contributed by atoms with Gasteiger partial charge in [0.05, 0.1) is 12.1 Å². The second-order valence-corrected chi connectivity index (χ2v) is 8.72. The van der Waals surface area contributed by atoms with Crippen LogP contribution in [0.25, 0.3) is 0 Å². The molecule has 0 saturated heterocycles. The van der Waals surface area contributed by atoms with Gasteiger partial charge in [-0.1, -0.05) is 30.3 Å². The summed E-state index contributed by atoms with van der Waals surface area (Å²) in [5.74, 6) is -0.0501. The minimum Gasteiger partial charge on any atom is -0.391 e. The fraction of sp³-hybridized carbons (Fsp3) is 0.542. The van der Waals surface area contributed by atoms with E-state index in [-0.39, 0.29) is 23.3 Å². The Morgan fingerprint density at radius 1 is 1.23 bits per heavy atom. The zero-order valence-corrected chi connectivity index (χ0v) is 18.8. The number of carbonyl (C=O) groups excluding carboxylic acids is 2. The van der Waals surface area contributed by atoms with E-state index in [9.17, 15) is 14.7 Å². The summed E-state index contributed by atoms with van der Waals surface area (Å²) in [4.78, 5) is 26.2. The van der Waals surface area contributed by atoms with Crippen LogP contribution in [0.1, 0.15) is 50.3 Å². The van der Waals surface area contributed by atoms with Gasteiger partial charge in [-0.3, -0.25) is 14.3 Å².